The van der Waals surface area contributed by atoms with Crippen LogP contribution in [0.3, 0.4) is 0 Å². The molecule has 3 heteroatoms. The molecule has 0 heterocycles. The van der Waals surface area contributed by atoms with E-state index in [0.29, 0.717) is 18.1 Å². The second kappa shape index (κ2) is 13.6. The Morgan fingerprint density at radius 3 is 2.11 bits per heavy atom. The lowest BCUT2D eigenvalue weighted by Gasteiger charge is -2.28. The van der Waals surface area contributed by atoms with Crippen molar-refractivity contribution in [1.29, 1.82) is 0 Å². The first-order valence-electron chi connectivity index (χ1n) is 14.0. The first-order chi connectivity index (χ1) is 18.1. The number of allylic oxidation sites excluding steroid dienone is 1. The van der Waals surface area contributed by atoms with E-state index in [1.165, 1.54) is 54.9 Å². The standard InChI is InChI=1S/C34H40F2O/c1-3-5-7-25-10-16-28(17-11-25)29-18-12-26(13-19-29)8-9-27-14-20-30(21-15-27)31-22-23-32(34(36)33(31)35)37-24-6-4-2/h3,12-15,18-23,25,28H,1,4-11,16-17,24H2,2H3. The van der Waals surface area contributed by atoms with E-state index in [4.69, 9.17) is 4.74 Å². The number of hydrogen-bond donors (Lipinski definition) is 0. The van der Waals surface area contributed by atoms with Gasteiger partial charge in [-0.05, 0) is 104 Å². The van der Waals surface area contributed by atoms with Gasteiger partial charge in [-0.3, -0.25) is 0 Å². The van der Waals surface area contributed by atoms with E-state index in [1.807, 2.05) is 37.3 Å². The van der Waals surface area contributed by atoms with Gasteiger partial charge in [-0.15, -0.1) is 6.58 Å². The molecule has 0 spiro atoms. The van der Waals surface area contributed by atoms with Crippen molar-refractivity contribution in [2.75, 3.05) is 6.61 Å². The minimum Gasteiger partial charge on any atom is -0.490 e. The highest BCUT2D eigenvalue weighted by atomic mass is 19.2. The van der Waals surface area contributed by atoms with Gasteiger partial charge in [-0.1, -0.05) is 68.0 Å². The Kier molecular flexibility index (Phi) is 9.93. The number of rotatable bonds is 12. The summed E-state index contributed by atoms with van der Waals surface area (Å²) in [5.41, 5.74) is 4.93. The first-order valence-corrected chi connectivity index (χ1v) is 14.0. The van der Waals surface area contributed by atoms with Crippen LogP contribution in [0.25, 0.3) is 11.1 Å². The summed E-state index contributed by atoms with van der Waals surface area (Å²) in [6.45, 7) is 6.27. The average molecular weight is 503 g/mol. The lowest BCUT2D eigenvalue weighted by molar-refractivity contribution is 0.289. The molecule has 0 saturated heterocycles. The molecule has 0 atom stereocenters. The van der Waals surface area contributed by atoms with Gasteiger partial charge in [0.1, 0.15) is 0 Å². The molecule has 0 aromatic heterocycles. The molecule has 0 N–H and O–H groups in total. The molecule has 37 heavy (non-hydrogen) atoms. The van der Waals surface area contributed by atoms with E-state index in [9.17, 15) is 8.78 Å². The van der Waals surface area contributed by atoms with E-state index in [1.54, 1.807) is 6.07 Å². The fraction of sp³-hybridized carbons (Fsp3) is 0.412. The molecule has 1 aliphatic rings. The summed E-state index contributed by atoms with van der Waals surface area (Å²) in [7, 11) is 0. The van der Waals surface area contributed by atoms with Crippen molar-refractivity contribution in [2.45, 2.75) is 77.0 Å². The molecule has 4 rings (SSSR count). The number of benzene rings is 3. The molecule has 3 aromatic rings. The van der Waals surface area contributed by atoms with Crippen molar-refractivity contribution in [3.63, 3.8) is 0 Å². The maximum atomic E-state index is 14.7. The van der Waals surface area contributed by atoms with Crippen molar-refractivity contribution in [3.8, 4) is 16.9 Å². The Balaban J connectivity index is 1.30. The highest BCUT2D eigenvalue weighted by molar-refractivity contribution is 5.65. The topological polar surface area (TPSA) is 9.23 Å². The van der Waals surface area contributed by atoms with Crippen molar-refractivity contribution < 1.29 is 13.5 Å². The van der Waals surface area contributed by atoms with Gasteiger partial charge >= 0.3 is 0 Å². The zero-order valence-corrected chi connectivity index (χ0v) is 22.2. The third kappa shape index (κ3) is 7.31. The molecule has 3 aromatic carbocycles. The molecule has 0 radical (unpaired) electrons. The van der Waals surface area contributed by atoms with Gasteiger partial charge in [-0.25, -0.2) is 4.39 Å². The number of aryl methyl sites for hydroxylation is 2. The van der Waals surface area contributed by atoms with E-state index in [-0.39, 0.29) is 11.3 Å². The molecule has 0 unspecified atom stereocenters. The highest BCUT2D eigenvalue weighted by Crippen LogP contribution is 2.37. The average Bonchev–Trinajstić information content (AvgIpc) is 2.94. The Hall–Kier alpha value is -2.94. The molecule has 0 aliphatic heterocycles. The SMILES string of the molecule is C=CCCC1CCC(c2ccc(CCc3ccc(-c4ccc(OCCCC)c(F)c4F)cc3)cc2)CC1. The van der Waals surface area contributed by atoms with Gasteiger partial charge in [0.25, 0.3) is 0 Å². The summed E-state index contributed by atoms with van der Waals surface area (Å²) in [5.74, 6) is -0.217. The van der Waals surface area contributed by atoms with Gasteiger partial charge < -0.3 is 4.74 Å². The fourth-order valence-corrected chi connectivity index (χ4v) is 5.43. The van der Waals surface area contributed by atoms with Gasteiger partial charge in [0.2, 0.25) is 5.82 Å². The molecule has 0 amide bonds. The smallest absolute Gasteiger partial charge is 0.201 e. The zero-order valence-electron chi connectivity index (χ0n) is 22.2. The zero-order chi connectivity index (χ0) is 26.0. The van der Waals surface area contributed by atoms with Crippen LogP contribution in [0.5, 0.6) is 5.75 Å². The monoisotopic (exact) mass is 502 g/mol. The van der Waals surface area contributed by atoms with Crippen molar-refractivity contribution >= 4 is 0 Å². The molecule has 196 valence electrons. The second-order valence-corrected chi connectivity index (χ2v) is 10.5. The van der Waals surface area contributed by atoms with Crippen LogP contribution in [0, 0.1) is 17.6 Å². The normalized spacial score (nSPS) is 17.5. The summed E-state index contributed by atoms with van der Waals surface area (Å²) in [5, 5.41) is 0. The molecular formula is C34H40F2O. The molecule has 1 nitrogen and oxygen atoms in total. The van der Waals surface area contributed by atoms with Gasteiger partial charge in [0.05, 0.1) is 6.61 Å². The van der Waals surface area contributed by atoms with Crippen LogP contribution in [-0.2, 0) is 12.8 Å². The van der Waals surface area contributed by atoms with E-state index in [2.05, 4.69) is 30.8 Å². The minimum atomic E-state index is -0.915. The van der Waals surface area contributed by atoms with Crippen molar-refractivity contribution in [1.82, 2.24) is 0 Å². The second-order valence-electron chi connectivity index (χ2n) is 10.5. The van der Waals surface area contributed by atoms with Gasteiger partial charge in [0, 0.05) is 5.56 Å². The van der Waals surface area contributed by atoms with Gasteiger partial charge in [0.15, 0.2) is 11.6 Å². The van der Waals surface area contributed by atoms with Crippen LogP contribution < -0.4 is 4.74 Å². The van der Waals surface area contributed by atoms with Crippen LogP contribution in [0.1, 0.15) is 80.9 Å². The summed E-state index contributed by atoms with van der Waals surface area (Å²) < 4.78 is 34.6. The molecule has 0 bridgehead atoms. The molecule has 1 fully saturated rings. The maximum Gasteiger partial charge on any atom is 0.201 e. The van der Waals surface area contributed by atoms with Crippen LogP contribution in [0.2, 0.25) is 0 Å². The minimum absolute atomic E-state index is 0.0199. The number of halogens is 2. The maximum absolute atomic E-state index is 14.7. The molecule has 1 aliphatic carbocycles. The van der Waals surface area contributed by atoms with Crippen LogP contribution in [-0.4, -0.2) is 6.61 Å². The molecular weight excluding hydrogens is 462 g/mol. The van der Waals surface area contributed by atoms with E-state index >= 15 is 0 Å². The highest BCUT2D eigenvalue weighted by Gasteiger charge is 2.22. The third-order valence-electron chi connectivity index (χ3n) is 7.85. The summed E-state index contributed by atoms with van der Waals surface area (Å²) in [6, 6.07) is 20.1. The largest absolute Gasteiger partial charge is 0.490 e. The lowest BCUT2D eigenvalue weighted by Crippen LogP contribution is -2.13. The quantitative estimate of drug-likeness (QED) is 0.177. The molecule has 1 saturated carbocycles. The lowest BCUT2D eigenvalue weighted by atomic mass is 9.77. The Labute approximate surface area is 221 Å². The predicted molar refractivity (Wildman–Crippen MR) is 150 cm³/mol. The van der Waals surface area contributed by atoms with Crippen LogP contribution in [0.4, 0.5) is 8.78 Å². The summed E-state index contributed by atoms with van der Waals surface area (Å²) >= 11 is 0. The Morgan fingerprint density at radius 1 is 0.838 bits per heavy atom. The number of hydrogen-bond acceptors (Lipinski definition) is 1. The third-order valence-corrected chi connectivity index (χ3v) is 7.85. The first kappa shape index (κ1) is 27.1. The Morgan fingerprint density at radius 2 is 1.49 bits per heavy atom. The Bertz CT molecular complexity index is 1130. The van der Waals surface area contributed by atoms with Crippen molar-refractivity contribution in [2.24, 2.45) is 5.92 Å². The summed E-state index contributed by atoms with van der Waals surface area (Å²) in [4.78, 5) is 0. The number of unbranched alkanes of at least 4 members (excludes halogenated alkanes) is 1. The van der Waals surface area contributed by atoms with Crippen LogP contribution >= 0.6 is 0 Å². The summed E-state index contributed by atoms with van der Waals surface area (Å²) in [6.07, 6.45) is 13.4. The van der Waals surface area contributed by atoms with Gasteiger partial charge in [-0.2, -0.15) is 4.39 Å². The fourth-order valence-electron chi connectivity index (χ4n) is 5.43. The van der Waals surface area contributed by atoms with E-state index in [0.717, 1.165) is 38.0 Å². The van der Waals surface area contributed by atoms with Crippen LogP contribution in [0.15, 0.2) is 73.3 Å². The predicted octanol–water partition coefficient (Wildman–Crippen LogP) is 9.84. The number of ether oxygens (including phenoxy) is 1. The van der Waals surface area contributed by atoms with E-state index < -0.39 is 11.6 Å². The van der Waals surface area contributed by atoms with Crippen molar-refractivity contribution in [3.05, 3.63) is 102 Å².